The van der Waals surface area contributed by atoms with Gasteiger partial charge in [0, 0.05) is 0 Å². The largest absolute Gasteiger partial charge is 0.467 e. The molecule has 0 aromatic rings. The fraction of sp³-hybridized carbons (Fsp3) is 0.600. The molecule has 0 spiro atoms. The molecule has 0 aromatic carbocycles. The van der Waals surface area contributed by atoms with Gasteiger partial charge in [0.2, 0.25) is 0 Å². The van der Waals surface area contributed by atoms with Crippen LogP contribution in [0.15, 0.2) is 0 Å². The maximum atomic E-state index is 10.7. The third-order valence-corrected chi connectivity index (χ3v) is 1.26. The van der Waals surface area contributed by atoms with E-state index in [-0.39, 0.29) is 6.03 Å². The van der Waals surface area contributed by atoms with Crippen molar-refractivity contribution in [3.8, 4) is 0 Å². The number of hydrogen-bond acceptors (Lipinski definition) is 3. The SMILES string of the molecule is COC(=O)[C@H]1CNC(=O)N1. The minimum atomic E-state index is -0.516. The second kappa shape index (κ2) is 2.55. The second-order valence-corrected chi connectivity index (χ2v) is 1.93. The standard InChI is InChI=1S/C5H8N2O3/c1-10-4(8)3-2-6-5(9)7-3/h3H,2H2,1H3,(H2,6,7,9)/t3-/m1/s1. The van der Waals surface area contributed by atoms with E-state index in [1.807, 2.05) is 0 Å². The van der Waals surface area contributed by atoms with Crippen molar-refractivity contribution in [2.24, 2.45) is 0 Å². The summed E-state index contributed by atoms with van der Waals surface area (Å²) < 4.78 is 4.39. The summed E-state index contributed by atoms with van der Waals surface area (Å²) in [4.78, 5) is 21.1. The number of urea groups is 1. The molecule has 5 nitrogen and oxygen atoms in total. The first-order valence-electron chi connectivity index (χ1n) is 2.86. The minimum absolute atomic E-state index is 0.311. The molecule has 5 heteroatoms. The third kappa shape index (κ3) is 1.18. The molecule has 0 unspecified atom stereocenters. The zero-order valence-electron chi connectivity index (χ0n) is 5.51. The van der Waals surface area contributed by atoms with E-state index >= 15 is 0 Å². The van der Waals surface area contributed by atoms with Crippen LogP contribution in [0, 0.1) is 0 Å². The predicted octanol–water partition coefficient (Wildman–Crippen LogP) is -1.16. The van der Waals surface area contributed by atoms with Gasteiger partial charge in [0.1, 0.15) is 6.04 Å². The molecule has 1 aliphatic heterocycles. The Balaban J connectivity index is 2.44. The number of esters is 1. The summed E-state index contributed by atoms with van der Waals surface area (Å²) in [6.45, 7) is 0.311. The number of methoxy groups -OCH3 is 1. The number of rotatable bonds is 1. The van der Waals surface area contributed by atoms with E-state index in [9.17, 15) is 9.59 Å². The van der Waals surface area contributed by atoms with Crippen LogP contribution in [0.1, 0.15) is 0 Å². The quantitative estimate of drug-likeness (QED) is 0.456. The number of carbonyl (C=O) groups is 2. The van der Waals surface area contributed by atoms with Gasteiger partial charge in [-0.2, -0.15) is 0 Å². The number of carbonyl (C=O) groups excluding carboxylic acids is 2. The highest BCUT2D eigenvalue weighted by atomic mass is 16.5. The molecule has 0 aromatic heterocycles. The highest BCUT2D eigenvalue weighted by Gasteiger charge is 2.26. The van der Waals surface area contributed by atoms with E-state index in [4.69, 9.17) is 0 Å². The summed E-state index contributed by atoms with van der Waals surface area (Å²) in [5, 5.41) is 4.81. The first-order valence-corrected chi connectivity index (χ1v) is 2.86. The normalized spacial score (nSPS) is 23.3. The van der Waals surface area contributed by atoms with Crippen molar-refractivity contribution in [1.82, 2.24) is 10.6 Å². The molecule has 2 N–H and O–H groups in total. The maximum absolute atomic E-state index is 10.7. The Morgan fingerprint density at radius 1 is 1.80 bits per heavy atom. The zero-order valence-corrected chi connectivity index (χ0v) is 5.51. The summed E-state index contributed by atoms with van der Waals surface area (Å²) in [7, 11) is 1.28. The van der Waals surface area contributed by atoms with Crippen molar-refractivity contribution in [1.29, 1.82) is 0 Å². The van der Waals surface area contributed by atoms with Crippen LogP contribution in [0.25, 0.3) is 0 Å². The van der Waals surface area contributed by atoms with Crippen LogP contribution in [0.2, 0.25) is 0 Å². The maximum Gasteiger partial charge on any atom is 0.330 e. The molecule has 1 fully saturated rings. The van der Waals surface area contributed by atoms with Crippen molar-refractivity contribution in [2.75, 3.05) is 13.7 Å². The molecule has 1 atom stereocenters. The molecule has 0 radical (unpaired) electrons. The number of ether oxygens (including phenoxy) is 1. The molecule has 0 saturated carbocycles. The smallest absolute Gasteiger partial charge is 0.330 e. The van der Waals surface area contributed by atoms with Crippen LogP contribution in [-0.2, 0) is 9.53 Å². The first kappa shape index (κ1) is 6.85. The number of amides is 2. The topological polar surface area (TPSA) is 67.4 Å². The molecule has 1 rings (SSSR count). The van der Waals surface area contributed by atoms with Crippen molar-refractivity contribution >= 4 is 12.0 Å². The Bertz CT molecular complexity index is 168. The van der Waals surface area contributed by atoms with Crippen LogP contribution < -0.4 is 10.6 Å². The molecule has 1 heterocycles. The van der Waals surface area contributed by atoms with E-state index < -0.39 is 12.0 Å². The molecule has 1 aliphatic rings. The number of hydrogen-bond donors (Lipinski definition) is 2. The summed E-state index contributed by atoms with van der Waals surface area (Å²) in [5.74, 6) is -0.418. The summed E-state index contributed by atoms with van der Waals surface area (Å²) in [5.41, 5.74) is 0. The van der Waals surface area contributed by atoms with Crippen LogP contribution in [0.4, 0.5) is 4.79 Å². The van der Waals surface area contributed by atoms with Crippen LogP contribution in [0.3, 0.4) is 0 Å². The van der Waals surface area contributed by atoms with Gasteiger partial charge in [-0.15, -0.1) is 0 Å². The van der Waals surface area contributed by atoms with Crippen LogP contribution >= 0.6 is 0 Å². The van der Waals surface area contributed by atoms with Gasteiger partial charge in [-0.05, 0) is 0 Å². The molecule has 10 heavy (non-hydrogen) atoms. The highest BCUT2D eigenvalue weighted by molar-refractivity contribution is 5.87. The minimum Gasteiger partial charge on any atom is -0.467 e. The predicted molar refractivity (Wildman–Crippen MR) is 32.3 cm³/mol. The average molecular weight is 144 g/mol. The lowest BCUT2D eigenvalue weighted by atomic mass is 10.3. The van der Waals surface area contributed by atoms with Gasteiger partial charge in [0.05, 0.1) is 13.7 Å². The summed E-state index contributed by atoms with van der Waals surface area (Å²) in [6.07, 6.45) is 0. The second-order valence-electron chi connectivity index (χ2n) is 1.93. The molecular weight excluding hydrogens is 136 g/mol. The van der Waals surface area contributed by atoms with Crippen molar-refractivity contribution < 1.29 is 14.3 Å². The molecule has 0 bridgehead atoms. The third-order valence-electron chi connectivity index (χ3n) is 1.26. The molecule has 1 saturated heterocycles. The van der Waals surface area contributed by atoms with Gasteiger partial charge in [-0.25, -0.2) is 9.59 Å². The highest BCUT2D eigenvalue weighted by Crippen LogP contribution is 1.91. The van der Waals surface area contributed by atoms with E-state index in [1.54, 1.807) is 0 Å². The lowest BCUT2D eigenvalue weighted by Gasteiger charge is -2.03. The van der Waals surface area contributed by atoms with Crippen LogP contribution in [0.5, 0.6) is 0 Å². The molecule has 2 amide bonds. The fourth-order valence-corrected chi connectivity index (χ4v) is 0.740. The van der Waals surface area contributed by atoms with Crippen LogP contribution in [-0.4, -0.2) is 31.7 Å². The monoisotopic (exact) mass is 144 g/mol. The Morgan fingerprint density at radius 3 is 2.90 bits per heavy atom. The van der Waals surface area contributed by atoms with Gasteiger partial charge in [0.15, 0.2) is 0 Å². The Hall–Kier alpha value is -1.26. The summed E-state index contributed by atoms with van der Waals surface area (Å²) >= 11 is 0. The average Bonchev–Trinajstić information content (AvgIpc) is 2.34. The zero-order chi connectivity index (χ0) is 7.56. The lowest BCUT2D eigenvalue weighted by Crippen LogP contribution is -2.35. The van der Waals surface area contributed by atoms with Crippen molar-refractivity contribution in [3.63, 3.8) is 0 Å². The van der Waals surface area contributed by atoms with E-state index in [1.165, 1.54) is 7.11 Å². The Labute approximate surface area is 57.7 Å². The molecular formula is C5H8N2O3. The lowest BCUT2D eigenvalue weighted by molar-refractivity contribution is -0.142. The fourth-order valence-electron chi connectivity index (χ4n) is 0.740. The van der Waals surface area contributed by atoms with Gasteiger partial charge >= 0.3 is 12.0 Å². The van der Waals surface area contributed by atoms with E-state index in [0.717, 1.165) is 0 Å². The number of nitrogens with one attached hydrogen (secondary N) is 2. The van der Waals surface area contributed by atoms with Gasteiger partial charge in [-0.1, -0.05) is 0 Å². The van der Waals surface area contributed by atoms with Gasteiger partial charge in [-0.3, -0.25) is 0 Å². The first-order chi connectivity index (χ1) is 4.74. The van der Waals surface area contributed by atoms with Crippen molar-refractivity contribution in [3.05, 3.63) is 0 Å². The summed E-state index contributed by atoms with van der Waals surface area (Å²) in [6, 6.07) is -0.840. The van der Waals surface area contributed by atoms with E-state index in [2.05, 4.69) is 15.4 Å². The van der Waals surface area contributed by atoms with Crippen molar-refractivity contribution in [2.45, 2.75) is 6.04 Å². The Morgan fingerprint density at radius 2 is 2.50 bits per heavy atom. The van der Waals surface area contributed by atoms with E-state index in [0.29, 0.717) is 6.54 Å². The van der Waals surface area contributed by atoms with Gasteiger partial charge in [0.25, 0.3) is 0 Å². The van der Waals surface area contributed by atoms with Gasteiger partial charge < -0.3 is 15.4 Å². The molecule has 0 aliphatic carbocycles. The molecule has 56 valence electrons. The Kier molecular flexibility index (Phi) is 1.75.